The lowest BCUT2D eigenvalue weighted by Gasteiger charge is -2.08. The first kappa shape index (κ1) is 18.3. The molecule has 1 heterocycles. The summed E-state index contributed by atoms with van der Waals surface area (Å²) in [5.41, 5.74) is 3.14. The smallest absolute Gasteiger partial charge is 0.317 e. The third-order valence-electron chi connectivity index (χ3n) is 3.74. The number of para-hydroxylation sites is 1. The highest BCUT2D eigenvalue weighted by molar-refractivity contribution is 6.40. The normalized spacial score (nSPS) is 12.1. The topological polar surface area (TPSA) is 100.0 Å². The van der Waals surface area contributed by atoms with E-state index < -0.39 is 17.7 Å². The zero-order valence-electron chi connectivity index (χ0n) is 14.1. The Kier molecular flexibility index (Phi) is 5.26. The average molecular weight is 381 g/mol. The number of fused-ring (bicyclic) bond motifs is 1. The molecule has 8 heteroatoms. The number of hydrogen-bond acceptors (Lipinski definition) is 4. The second-order valence-corrected chi connectivity index (χ2v) is 5.97. The van der Waals surface area contributed by atoms with Gasteiger partial charge in [-0.2, -0.15) is 0 Å². The zero-order valence-corrected chi connectivity index (χ0v) is 14.9. The first-order chi connectivity index (χ1) is 13.0. The number of carbonyl (C=O) groups excluding carboxylic acids is 3. The van der Waals surface area contributed by atoms with Crippen molar-refractivity contribution in [2.75, 3.05) is 5.32 Å². The molecule has 1 aliphatic heterocycles. The summed E-state index contributed by atoms with van der Waals surface area (Å²) in [6, 6.07) is 12.0. The minimum atomic E-state index is -1.01. The third kappa shape index (κ3) is 4.17. The van der Waals surface area contributed by atoms with Gasteiger partial charge in [-0.3, -0.25) is 14.4 Å². The molecule has 1 aliphatic rings. The summed E-state index contributed by atoms with van der Waals surface area (Å²) in [6.07, 6.45) is 1.55. The van der Waals surface area contributed by atoms with Crippen LogP contribution in [0.5, 0.6) is 0 Å². The van der Waals surface area contributed by atoms with Crippen LogP contribution in [0.1, 0.15) is 5.56 Å². The number of benzene rings is 2. The van der Waals surface area contributed by atoms with Crippen molar-refractivity contribution in [1.29, 1.82) is 0 Å². The first-order valence-corrected chi connectivity index (χ1v) is 8.22. The van der Waals surface area contributed by atoms with E-state index in [0.29, 0.717) is 21.6 Å². The largest absolute Gasteiger partial charge is 0.330 e. The van der Waals surface area contributed by atoms with Gasteiger partial charge < -0.3 is 5.32 Å². The van der Waals surface area contributed by atoms with Crippen LogP contribution in [0.3, 0.4) is 0 Å². The van der Waals surface area contributed by atoms with Gasteiger partial charge in [0.2, 0.25) is 0 Å². The number of anilines is 1. The maximum Gasteiger partial charge on any atom is 0.330 e. The van der Waals surface area contributed by atoms with Crippen LogP contribution in [-0.4, -0.2) is 23.6 Å². The number of nitrogens with one attached hydrogen (secondary N) is 2. The Morgan fingerprint density at radius 1 is 1.11 bits per heavy atom. The van der Waals surface area contributed by atoms with Crippen molar-refractivity contribution < 1.29 is 14.4 Å². The molecule has 2 N–H and O–H groups in total. The molecule has 27 heavy (non-hydrogen) atoms. The summed E-state index contributed by atoms with van der Waals surface area (Å²) in [6.45, 7) is 1.71. The molecule has 0 unspecified atom stereocenters. The molecule has 3 amide bonds. The lowest BCUT2D eigenvalue weighted by Crippen LogP contribution is -2.32. The van der Waals surface area contributed by atoms with Gasteiger partial charge >= 0.3 is 11.8 Å². The number of hydrogen-bond donors (Lipinski definition) is 2. The summed E-state index contributed by atoms with van der Waals surface area (Å²) in [4.78, 5) is 39.6. The molecule has 0 atom stereocenters. The van der Waals surface area contributed by atoms with E-state index in [9.17, 15) is 14.4 Å². The molecule has 0 radical (unpaired) electrons. The monoisotopic (exact) mass is 380 g/mol. The first-order valence-electron chi connectivity index (χ1n) is 7.84. The standard InChI is InChI=1S/C19H13ClN4O3/c1-11-14(20)6-4-8-15(11)22-18(26)19(27)24-21-10-13-9-12-5-2-3-7-16(12)23-17(13)25/h2-9H,1H3,(H,22,26)(H,24,27). The third-order valence-corrected chi connectivity index (χ3v) is 4.15. The minimum absolute atomic E-state index is 0.0695. The van der Waals surface area contributed by atoms with Crippen LogP contribution >= 0.6 is 11.6 Å². The Balaban J connectivity index is 1.72. The number of nitrogens with zero attached hydrogens (tertiary/aromatic N) is 2. The van der Waals surface area contributed by atoms with E-state index in [1.54, 1.807) is 55.5 Å². The molecule has 0 fully saturated rings. The van der Waals surface area contributed by atoms with Gasteiger partial charge in [-0.25, -0.2) is 10.4 Å². The highest BCUT2D eigenvalue weighted by Crippen LogP contribution is 2.22. The molecule has 0 bridgehead atoms. The Morgan fingerprint density at radius 3 is 2.70 bits per heavy atom. The van der Waals surface area contributed by atoms with Gasteiger partial charge in [-0.15, -0.1) is 5.10 Å². The zero-order chi connectivity index (χ0) is 19.4. The van der Waals surface area contributed by atoms with Gasteiger partial charge in [0.05, 0.1) is 5.36 Å². The summed E-state index contributed by atoms with van der Waals surface area (Å²) in [5, 5.41) is 7.72. The second kappa shape index (κ2) is 7.78. The van der Waals surface area contributed by atoms with Gasteiger partial charge in [0.15, 0.2) is 0 Å². The summed E-state index contributed by atoms with van der Waals surface area (Å²) in [5.74, 6) is -0.0813. The highest BCUT2D eigenvalue weighted by Gasteiger charge is 2.15. The molecule has 134 valence electrons. The van der Waals surface area contributed by atoms with Crippen LogP contribution in [0.2, 0.25) is 5.02 Å². The van der Waals surface area contributed by atoms with E-state index >= 15 is 0 Å². The lowest BCUT2D eigenvalue weighted by molar-refractivity contribution is -0.136. The van der Waals surface area contributed by atoms with E-state index in [1.165, 1.54) is 0 Å². The number of hydrazone groups is 1. The van der Waals surface area contributed by atoms with Crippen LogP contribution < -0.4 is 21.3 Å². The number of halogens is 1. The minimum Gasteiger partial charge on any atom is -0.317 e. The fourth-order valence-corrected chi connectivity index (χ4v) is 2.46. The molecule has 0 aliphatic carbocycles. The van der Waals surface area contributed by atoms with E-state index in [4.69, 9.17) is 11.6 Å². The van der Waals surface area contributed by atoms with Crippen molar-refractivity contribution in [2.45, 2.75) is 6.92 Å². The molecule has 0 spiro atoms. The van der Waals surface area contributed by atoms with Gasteiger partial charge in [0, 0.05) is 21.8 Å². The summed E-state index contributed by atoms with van der Waals surface area (Å²) >= 11 is 5.97. The molecule has 0 saturated heterocycles. The van der Waals surface area contributed by atoms with Gasteiger partial charge in [0.25, 0.3) is 5.91 Å². The summed E-state index contributed by atoms with van der Waals surface area (Å²) < 4.78 is 0. The Morgan fingerprint density at radius 2 is 1.89 bits per heavy atom. The molecule has 2 aromatic rings. The lowest BCUT2D eigenvalue weighted by atomic mass is 10.1. The van der Waals surface area contributed by atoms with Crippen molar-refractivity contribution in [3.8, 4) is 0 Å². The van der Waals surface area contributed by atoms with Gasteiger partial charge in [0.1, 0.15) is 5.57 Å². The summed E-state index contributed by atoms with van der Waals surface area (Å²) in [7, 11) is 0. The highest BCUT2D eigenvalue weighted by atomic mass is 35.5. The second-order valence-electron chi connectivity index (χ2n) is 5.56. The molecule has 0 aromatic heterocycles. The van der Waals surface area contributed by atoms with Crippen molar-refractivity contribution in [2.24, 2.45) is 10.1 Å². The quantitative estimate of drug-likeness (QED) is 0.349. The van der Waals surface area contributed by atoms with Crippen LogP contribution in [0.15, 0.2) is 58.1 Å². The molecule has 0 saturated carbocycles. The molecular formula is C19H13ClN4O3. The van der Waals surface area contributed by atoms with Gasteiger partial charge in [-0.1, -0.05) is 35.9 Å². The van der Waals surface area contributed by atoms with E-state index in [0.717, 1.165) is 5.22 Å². The Labute approximate surface area is 158 Å². The maximum absolute atomic E-state index is 11.9. The number of carbonyl (C=O) groups is 3. The fraction of sp³-hybridized carbons (Fsp3) is 0.0526. The van der Waals surface area contributed by atoms with Crippen LogP contribution in [-0.2, 0) is 14.4 Å². The Hall–Kier alpha value is -3.54. The van der Waals surface area contributed by atoms with E-state index in [1.807, 2.05) is 5.43 Å². The van der Waals surface area contributed by atoms with Crippen LogP contribution in [0.4, 0.5) is 5.69 Å². The van der Waals surface area contributed by atoms with Gasteiger partial charge in [-0.05, 0) is 36.8 Å². The molecule has 2 aromatic carbocycles. The van der Waals surface area contributed by atoms with Crippen molar-refractivity contribution in [3.63, 3.8) is 0 Å². The molecular weight excluding hydrogens is 368 g/mol. The predicted molar refractivity (Wildman–Crippen MR) is 101 cm³/mol. The molecule has 3 rings (SSSR count). The van der Waals surface area contributed by atoms with Crippen LogP contribution in [0.25, 0.3) is 6.08 Å². The molecule has 7 nitrogen and oxygen atoms in total. The van der Waals surface area contributed by atoms with Crippen molar-refractivity contribution >= 4 is 47.0 Å². The van der Waals surface area contributed by atoms with Crippen LogP contribution in [0, 0.1) is 6.92 Å². The predicted octanol–water partition coefficient (Wildman–Crippen LogP) is 0.855. The number of amides is 3. The van der Waals surface area contributed by atoms with E-state index in [2.05, 4.69) is 21.3 Å². The van der Waals surface area contributed by atoms with E-state index in [-0.39, 0.29) is 5.57 Å². The van der Waals surface area contributed by atoms with Crippen molar-refractivity contribution in [1.82, 2.24) is 5.43 Å². The SMILES string of the molecule is Cc1c(Cl)cccc1NC(=O)C(=O)NN=C=C1C=c2ccccc2=NC1=O. The average Bonchev–Trinajstić information content (AvgIpc) is 2.65. The maximum atomic E-state index is 11.9. The van der Waals surface area contributed by atoms with Crippen molar-refractivity contribution in [3.05, 3.63) is 69.2 Å². The fourth-order valence-electron chi connectivity index (χ4n) is 2.29. The number of rotatable bonds is 2. The Bertz CT molecular complexity index is 1150.